The molecule has 0 fully saturated rings. The summed E-state index contributed by atoms with van der Waals surface area (Å²) in [6, 6.07) is 9.91. The number of ether oxygens (including phenoxy) is 1. The number of thiophene rings is 1. The molecule has 0 aliphatic heterocycles. The first-order valence-corrected chi connectivity index (χ1v) is 9.94. The number of non-ortho nitro benzene ring substituents is 1. The smallest absolute Gasteiger partial charge is 0.269 e. The molecule has 1 unspecified atom stereocenters. The number of nitro groups is 1. The summed E-state index contributed by atoms with van der Waals surface area (Å²) in [6.45, 7) is 3.80. The third-order valence-corrected chi connectivity index (χ3v) is 4.85. The summed E-state index contributed by atoms with van der Waals surface area (Å²) in [5.41, 5.74) is -0.00151. The highest BCUT2D eigenvalue weighted by Gasteiger charge is 2.10. The van der Waals surface area contributed by atoms with Crippen molar-refractivity contribution in [2.24, 2.45) is 4.99 Å². The highest BCUT2D eigenvalue weighted by Crippen LogP contribution is 2.17. The van der Waals surface area contributed by atoms with Crippen LogP contribution in [0.1, 0.15) is 11.8 Å². The van der Waals surface area contributed by atoms with Gasteiger partial charge in [-0.3, -0.25) is 15.1 Å². The number of benzene rings is 1. The van der Waals surface area contributed by atoms with Crippen molar-refractivity contribution < 1.29 is 14.8 Å². The summed E-state index contributed by atoms with van der Waals surface area (Å²) in [5, 5.41) is 26.1. The first-order valence-electron chi connectivity index (χ1n) is 9.06. The molecule has 0 amide bonds. The molecule has 1 aromatic heterocycles. The van der Waals surface area contributed by atoms with E-state index in [0.717, 1.165) is 25.5 Å². The summed E-state index contributed by atoms with van der Waals surface area (Å²) >= 11 is 1.73. The molecule has 29 heavy (non-hydrogen) atoms. The van der Waals surface area contributed by atoms with E-state index in [1.807, 2.05) is 24.9 Å². The molecule has 0 saturated carbocycles. The fourth-order valence-electron chi connectivity index (χ4n) is 2.41. The molecular formula is C19H27IN4O4S. The Balaban J connectivity index is 0.00000420. The van der Waals surface area contributed by atoms with Crippen LogP contribution in [0.5, 0.6) is 5.75 Å². The van der Waals surface area contributed by atoms with Crippen LogP contribution in [0.3, 0.4) is 0 Å². The lowest BCUT2D eigenvalue weighted by atomic mass is 10.3. The van der Waals surface area contributed by atoms with Gasteiger partial charge in [-0.25, -0.2) is 0 Å². The van der Waals surface area contributed by atoms with Crippen LogP contribution < -0.4 is 10.1 Å². The zero-order valence-corrected chi connectivity index (χ0v) is 19.6. The van der Waals surface area contributed by atoms with E-state index in [9.17, 15) is 15.2 Å². The number of halogens is 1. The topological polar surface area (TPSA) is 100 Å². The van der Waals surface area contributed by atoms with Gasteiger partial charge in [-0.05, 0) is 36.9 Å². The molecule has 2 N–H and O–H groups in total. The third kappa shape index (κ3) is 8.96. The van der Waals surface area contributed by atoms with Crippen LogP contribution in [0.4, 0.5) is 5.69 Å². The summed E-state index contributed by atoms with van der Waals surface area (Å²) in [6.07, 6.45) is 0.152. The van der Waals surface area contributed by atoms with Crippen molar-refractivity contribution in [1.82, 2.24) is 10.2 Å². The number of hydrogen-bond acceptors (Lipinski definition) is 6. The van der Waals surface area contributed by atoms with Gasteiger partial charge in [-0.2, -0.15) is 0 Å². The van der Waals surface area contributed by atoms with Gasteiger partial charge >= 0.3 is 0 Å². The van der Waals surface area contributed by atoms with Crippen molar-refractivity contribution >= 4 is 47.0 Å². The number of nitrogens with one attached hydrogen (secondary N) is 1. The van der Waals surface area contributed by atoms with Crippen LogP contribution >= 0.6 is 35.3 Å². The average molecular weight is 534 g/mol. The molecule has 1 atom stereocenters. The first kappa shape index (κ1) is 25.1. The molecule has 8 nitrogen and oxygen atoms in total. The average Bonchev–Trinajstić information content (AvgIpc) is 3.21. The minimum absolute atomic E-state index is 0. The fraction of sp³-hybridized carbons (Fsp3) is 0.421. The van der Waals surface area contributed by atoms with E-state index in [0.29, 0.717) is 5.75 Å². The number of aliphatic hydroxyl groups is 1. The normalized spacial score (nSPS) is 12.0. The zero-order valence-electron chi connectivity index (χ0n) is 16.5. The number of aliphatic hydroxyl groups excluding tert-OH is 1. The Morgan fingerprint density at radius 2 is 2.10 bits per heavy atom. The molecule has 1 aromatic carbocycles. The van der Waals surface area contributed by atoms with Crippen LogP contribution in [0.2, 0.25) is 0 Å². The number of likely N-dealkylation sites (N-methyl/N-ethyl adjacent to an activating group) is 1. The lowest BCUT2D eigenvalue weighted by Gasteiger charge is -2.22. The molecule has 0 aliphatic rings. The second-order valence-corrected chi connectivity index (χ2v) is 7.19. The summed E-state index contributed by atoms with van der Waals surface area (Å²) in [7, 11) is 1.97. The molecule has 0 spiro atoms. The van der Waals surface area contributed by atoms with Crippen LogP contribution in [0.15, 0.2) is 46.8 Å². The van der Waals surface area contributed by atoms with Gasteiger partial charge in [0.25, 0.3) is 5.69 Å². The van der Waals surface area contributed by atoms with Gasteiger partial charge in [0.05, 0.1) is 11.5 Å². The van der Waals surface area contributed by atoms with Gasteiger partial charge in [0.1, 0.15) is 18.5 Å². The van der Waals surface area contributed by atoms with E-state index in [1.54, 1.807) is 11.3 Å². The Kier molecular flexibility index (Phi) is 11.5. The molecule has 0 bridgehead atoms. The highest BCUT2D eigenvalue weighted by atomic mass is 127. The number of aliphatic imine (C=N–C) groups is 1. The van der Waals surface area contributed by atoms with Gasteiger partial charge in [0, 0.05) is 37.1 Å². The maximum Gasteiger partial charge on any atom is 0.269 e. The third-order valence-electron chi connectivity index (χ3n) is 3.91. The molecule has 10 heteroatoms. The maximum atomic E-state index is 10.6. The quantitative estimate of drug-likeness (QED) is 0.160. The Morgan fingerprint density at radius 3 is 2.69 bits per heavy atom. The molecule has 2 rings (SSSR count). The number of guanidine groups is 1. The van der Waals surface area contributed by atoms with Gasteiger partial charge in [0.2, 0.25) is 0 Å². The summed E-state index contributed by atoms with van der Waals surface area (Å²) in [4.78, 5) is 18.0. The van der Waals surface area contributed by atoms with Gasteiger partial charge in [-0.1, -0.05) is 6.07 Å². The van der Waals surface area contributed by atoms with Crippen molar-refractivity contribution in [3.63, 3.8) is 0 Å². The Morgan fingerprint density at radius 1 is 1.38 bits per heavy atom. The lowest BCUT2D eigenvalue weighted by molar-refractivity contribution is -0.384. The first-order chi connectivity index (χ1) is 13.5. The lowest BCUT2D eigenvalue weighted by Crippen LogP contribution is -2.40. The largest absolute Gasteiger partial charge is 0.491 e. The van der Waals surface area contributed by atoms with Gasteiger partial charge < -0.3 is 20.1 Å². The maximum absolute atomic E-state index is 10.6. The van der Waals surface area contributed by atoms with E-state index in [4.69, 9.17) is 4.74 Å². The summed E-state index contributed by atoms with van der Waals surface area (Å²) < 4.78 is 5.48. The van der Waals surface area contributed by atoms with Crippen LogP contribution in [-0.4, -0.2) is 60.3 Å². The van der Waals surface area contributed by atoms with E-state index in [1.165, 1.54) is 29.1 Å². The number of nitrogens with zero attached hydrogens (tertiary/aromatic N) is 3. The number of rotatable bonds is 10. The Hall–Kier alpha value is -1.92. The van der Waals surface area contributed by atoms with Crippen molar-refractivity contribution in [3.8, 4) is 5.75 Å². The second kappa shape index (κ2) is 13.3. The van der Waals surface area contributed by atoms with E-state index in [2.05, 4.69) is 21.8 Å². The minimum atomic E-state index is -0.783. The van der Waals surface area contributed by atoms with Crippen molar-refractivity contribution in [2.45, 2.75) is 19.4 Å². The predicted octanol–water partition coefficient (Wildman–Crippen LogP) is 3.15. The SMILES string of the molecule is CCNC(=NCC(O)COc1ccc([N+](=O)[O-])cc1)N(C)CCc1cccs1.I. The zero-order chi connectivity index (χ0) is 20.4. The standard InChI is InChI=1S/C19H26N4O4S.HI/c1-3-20-19(22(2)11-10-18-5-4-12-28-18)21-13-16(24)14-27-17-8-6-15(7-9-17)23(25)26;/h4-9,12,16,24H,3,10-11,13-14H2,1-2H3,(H,20,21);1H. The van der Waals surface area contributed by atoms with Crippen LogP contribution in [0, 0.1) is 10.1 Å². The van der Waals surface area contributed by atoms with Gasteiger partial charge in [0.15, 0.2) is 5.96 Å². The molecule has 1 heterocycles. The van der Waals surface area contributed by atoms with E-state index < -0.39 is 11.0 Å². The molecule has 0 aliphatic carbocycles. The minimum Gasteiger partial charge on any atom is -0.491 e. The molecule has 0 radical (unpaired) electrons. The van der Waals surface area contributed by atoms with Crippen molar-refractivity contribution in [3.05, 3.63) is 56.8 Å². The Bertz CT molecular complexity index is 756. The molecule has 160 valence electrons. The molecular weight excluding hydrogens is 507 g/mol. The van der Waals surface area contributed by atoms with Crippen molar-refractivity contribution in [2.75, 3.05) is 33.3 Å². The molecule has 0 saturated heterocycles. The predicted molar refractivity (Wildman–Crippen MR) is 127 cm³/mol. The van der Waals surface area contributed by atoms with Crippen molar-refractivity contribution in [1.29, 1.82) is 0 Å². The molecule has 2 aromatic rings. The van der Waals surface area contributed by atoms with E-state index >= 15 is 0 Å². The second-order valence-electron chi connectivity index (χ2n) is 6.16. The van der Waals surface area contributed by atoms with Crippen LogP contribution in [0.25, 0.3) is 0 Å². The van der Waals surface area contributed by atoms with Crippen LogP contribution in [-0.2, 0) is 6.42 Å². The fourth-order valence-corrected chi connectivity index (χ4v) is 3.11. The summed E-state index contributed by atoms with van der Waals surface area (Å²) in [5.74, 6) is 1.20. The number of nitro benzene ring substituents is 1. The monoisotopic (exact) mass is 534 g/mol. The van der Waals surface area contributed by atoms with E-state index in [-0.39, 0.29) is 42.8 Å². The number of hydrogen-bond donors (Lipinski definition) is 2. The highest BCUT2D eigenvalue weighted by molar-refractivity contribution is 14.0. The van der Waals surface area contributed by atoms with Gasteiger partial charge in [-0.15, -0.1) is 35.3 Å². The Labute approximate surface area is 191 Å².